The van der Waals surface area contributed by atoms with Crippen molar-refractivity contribution in [3.05, 3.63) is 0 Å². The minimum Gasteiger partial charge on any atom is -0.391 e. The molecule has 1 N–H and O–H groups in total. The van der Waals surface area contributed by atoms with Gasteiger partial charge in [-0.15, -0.1) is 0 Å². The lowest BCUT2D eigenvalue weighted by Crippen LogP contribution is -2.55. The van der Waals surface area contributed by atoms with Crippen molar-refractivity contribution in [2.45, 2.75) is 66.2 Å². The van der Waals surface area contributed by atoms with Gasteiger partial charge in [0.05, 0.1) is 12.1 Å². The Bertz CT molecular complexity index is 300. The molecule has 1 amide bonds. The smallest absolute Gasteiger partial charge is 0.228 e. The van der Waals surface area contributed by atoms with E-state index in [1.807, 2.05) is 27.8 Å². The van der Waals surface area contributed by atoms with Crippen molar-refractivity contribution in [1.29, 1.82) is 0 Å². The first-order chi connectivity index (χ1) is 8.28. The molecule has 4 nitrogen and oxygen atoms in total. The van der Waals surface area contributed by atoms with E-state index in [2.05, 4.69) is 25.7 Å². The Hall–Kier alpha value is -0.610. The Kier molecular flexibility index (Phi) is 6.03. The topological polar surface area (TPSA) is 43.8 Å². The van der Waals surface area contributed by atoms with E-state index in [4.69, 9.17) is 0 Å². The molecule has 0 heterocycles. The molecule has 114 valence electrons. The summed E-state index contributed by atoms with van der Waals surface area (Å²) in [7, 11) is 3.80. The second-order valence-electron chi connectivity index (χ2n) is 7.53. The summed E-state index contributed by atoms with van der Waals surface area (Å²) in [5.74, 6) is 0.0562. The molecule has 0 saturated heterocycles. The van der Waals surface area contributed by atoms with Gasteiger partial charge < -0.3 is 10.0 Å². The third-order valence-corrected chi connectivity index (χ3v) is 3.62. The Balaban J connectivity index is 4.99. The maximum atomic E-state index is 12.3. The molecule has 0 aromatic carbocycles. The Morgan fingerprint density at radius 2 is 1.53 bits per heavy atom. The van der Waals surface area contributed by atoms with E-state index in [-0.39, 0.29) is 17.5 Å². The number of amides is 1. The first-order valence-corrected chi connectivity index (χ1v) is 6.95. The lowest BCUT2D eigenvalue weighted by molar-refractivity contribution is -0.143. The number of likely N-dealkylation sites (N-methyl/N-ethyl adjacent to an activating group) is 2. The quantitative estimate of drug-likeness (QED) is 0.851. The standard InChI is InChI=1S/C15H32N2O2/c1-11(18)12(10-16(8)15(5,6)7)17(9)13(19)14(2,3)4/h11-12,18H,10H2,1-9H3/t11?,12-/m0/s1. The fourth-order valence-corrected chi connectivity index (χ4v) is 1.83. The summed E-state index contributed by atoms with van der Waals surface area (Å²) >= 11 is 0. The first-order valence-electron chi connectivity index (χ1n) is 6.95. The highest BCUT2D eigenvalue weighted by Gasteiger charge is 2.33. The van der Waals surface area contributed by atoms with E-state index in [1.165, 1.54) is 0 Å². The molecule has 0 saturated carbocycles. The maximum Gasteiger partial charge on any atom is 0.228 e. The fraction of sp³-hybridized carbons (Fsp3) is 0.933. The molecule has 0 bridgehead atoms. The van der Waals surface area contributed by atoms with Crippen LogP contribution in [0.4, 0.5) is 0 Å². The van der Waals surface area contributed by atoms with E-state index in [9.17, 15) is 9.90 Å². The zero-order chi connectivity index (χ0) is 15.6. The highest BCUT2D eigenvalue weighted by atomic mass is 16.3. The number of aliphatic hydroxyl groups excluding tert-OH is 1. The van der Waals surface area contributed by atoms with E-state index in [0.29, 0.717) is 6.54 Å². The van der Waals surface area contributed by atoms with Crippen molar-refractivity contribution in [2.24, 2.45) is 5.41 Å². The Morgan fingerprint density at radius 1 is 1.11 bits per heavy atom. The number of hydrogen-bond acceptors (Lipinski definition) is 3. The monoisotopic (exact) mass is 272 g/mol. The lowest BCUT2D eigenvalue weighted by Gasteiger charge is -2.40. The van der Waals surface area contributed by atoms with Crippen molar-refractivity contribution in [2.75, 3.05) is 20.6 Å². The second-order valence-corrected chi connectivity index (χ2v) is 7.53. The van der Waals surface area contributed by atoms with Gasteiger partial charge in [0.2, 0.25) is 5.91 Å². The molecule has 4 heteroatoms. The van der Waals surface area contributed by atoms with Crippen LogP contribution in [-0.2, 0) is 4.79 Å². The van der Waals surface area contributed by atoms with E-state index >= 15 is 0 Å². The first kappa shape index (κ1) is 18.4. The van der Waals surface area contributed by atoms with Crippen LogP contribution < -0.4 is 0 Å². The van der Waals surface area contributed by atoms with Crippen LogP contribution in [-0.4, -0.2) is 59.1 Å². The molecule has 0 aliphatic rings. The minimum absolute atomic E-state index is 0.0127. The molecule has 19 heavy (non-hydrogen) atoms. The van der Waals surface area contributed by atoms with Gasteiger partial charge in [0.25, 0.3) is 0 Å². The molecular weight excluding hydrogens is 240 g/mol. The van der Waals surface area contributed by atoms with Gasteiger partial charge in [0.1, 0.15) is 0 Å². The van der Waals surface area contributed by atoms with Crippen LogP contribution in [0.1, 0.15) is 48.5 Å². The zero-order valence-corrected chi connectivity index (χ0v) is 14.1. The van der Waals surface area contributed by atoms with Crippen LogP contribution >= 0.6 is 0 Å². The fourth-order valence-electron chi connectivity index (χ4n) is 1.83. The van der Waals surface area contributed by atoms with Gasteiger partial charge in [-0.05, 0) is 34.7 Å². The van der Waals surface area contributed by atoms with Gasteiger partial charge in [0.15, 0.2) is 0 Å². The van der Waals surface area contributed by atoms with E-state index < -0.39 is 11.5 Å². The van der Waals surface area contributed by atoms with Crippen LogP contribution in [0.15, 0.2) is 0 Å². The maximum absolute atomic E-state index is 12.3. The normalized spacial score (nSPS) is 16.4. The number of nitrogens with zero attached hydrogens (tertiary/aromatic N) is 2. The van der Waals surface area contributed by atoms with Crippen LogP contribution in [0, 0.1) is 5.41 Å². The molecule has 0 rings (SSSR count). The van der Waals surface area contributed by atoms with Gasteiger partial charge in [-0.25, -0.2) is 0 Å². The number of rotatable bonds is 4. The summed E-state index contributed by atoms with van der Waals surface area (Å²) in [6.45, 7) is 14.5. The van der Waals surface area contributed by atoms with Crippen LogP contribution in [0.2, 0.25) is 0 Å². The molecule has 0 aliphatic heterocycles. The summed E-state index contributed by atoms with van der Waals surface area (Å²) in [4.78, 5) is 16.2. The molecule has 0 aromatic rings. The van der Waals surface area contributed by atoms with Crippen molar-refractivity contribution < 1.29 is 9.90 Å². The average molecular weight is 272 g/mol. The molecular formula is C15H32N2O2. The highest BCUT2D eigenvalue weighted by molar-refractivity contribution is 5.81. The summed E-state index contributed by atoms with van der Waals surface area (Å²) in [6, 6.07) is -0.198. The van der Waals surface area contributed by atoms with Crippen molar-refractivity contribution >= 4 is 5.91 Å². The Labute approximate surface area is 118 Å². The zero-order valence-electron chi connectivity index (χ0n) is 14.1. The third kappa shape index (κ3) is 5.49. The third-order valence-electron chi connectivity index (χ3n) is 3.62. The van der Waals surface area contributed by atoms with Crippen LogP contribution in [0.3, 0.4) is 0 Å². The largest absolute Gasteiger partial charge is 0.391 e. The van der Waals surface area contributed by atoms with Gasteiger partial charge in [0, 0.05) is 24.5 Å². The van der Waals surface area contributed by atoms with Crippen LogP contribution in [0.5, 0.6) is 0 Å². The minimum atomic E-state index is -0.555. The van der Waals surface area contributed by atoms with Gasteiger partial charge in [-0.3, -0.25) is 9.69 Å². The number of carbonyl (C=O) groups excluding carboxylic acids is 1. The summed E-state index contributed by atoms with van der Waals surface area (Å²) in [6.07, 6.45) is -0.555. The van der Waals surface area contributed by atoms with Crippen molar-refractivity contribution in [3.63, 3.8) is 0 Å². The average Bonchev–Trinajstić information content (AvgIpc) is 2.20. The summed E-state index contributed by atoms with van der Waals surface area (Å²) in [5, 5.41) is 9.99. The Morgan fingerprint density at radius 3 is 1.79 bits per heavy atom. The number of carbonyl (C=O) groups is 1. The van der Waals surface area contributed by atoms with E-state index in [0.717, 1.165) is 0 Å². The predicted molar refractivity (Wildman–Crippen MR) is 80.1 cm³/mol. The van der Waals surface area contributed by atoms with Gasteiger partial charge in [-0.1, -0.05) is 20.8 Å². The molecule has 0 spiro atoms. The van der Waals surface area contributed by atoms with E-state index in [1.54, 1.807) is 18.9 Å². The SMILES string of the molecule is CC(O)[C@H](CN(C)C(C)(C)C)N(C)C(=O)C(C)(C)C. The summed E-state index contributed by atoms with van der Waals surface area (Å²) in [5.41, 5.74) is -0.416. The lowest BCUT2D eigenvalue weighted by atomic mass is 9.93. The highest BCUT2D eigenvalue weighted by Crippen LogP contribution is 2.21. The molecule has 1 unspecified atom stereocenters. The van der Waals surface area contributed by atoms with Gasteiger partial charge in [-0.2, -0.15) is 0 Å². The number of aliphatic hydroxyl groups is 1. The van der Waals surface area contributed by atoms with Crippen molar-refractivity contribution in [1.82, 2.24) is 9.80 Å². The molecule has 0 radical (unpaired) electrons. The molecule has 0 aliphatic carbocycles. The predicted octanol–water partition coefficient (Wildman–Crippen LogP) is 1.97. The molecule has 0 aromatic heterocycles. The van der Waals surface area contributed by atoms with Gasteiger partial charge >= 0.3 is 0 Å². The summed E-state index contributed by atoms with van der Waals surface area (Å²) < 4.78 is 0. The molecule has 0 fully saturated rings. The molecule has 2 atom stereocenters. The van der Waals surface area contributed by atoms with Crippen molar-refractivity contribution in [3.8, 4) is 0 Å². The number of hydrogen-bond donors (Lipinski definition) is 1. The second kappa shape index (κ2) is 6.23. The van der Waals surface area contributed by atoms with Crippen LogP contribution in [0.25, 0.3) is 0 Å².